The second-order valence-electron chi connectivity index (χ2n) is 6.35. The Morgan fingerprint density at radius 3 is 2.35 bits per heavy atom. The molecule has 2 aliphatic heterocycles. The van der Waals surface area contributed by atoms with Crippen molar-refractivity contribution in [2.24, 2.45) is 5.92 Å². The molecule has 1 atom stereocenters. The number of hydrogen-bond donors (Lipinski definition) is 1. The summed E-state index contributed by atoms with van der Waals surface area (Å²) in [5, 5.41) is 3.35. The lowest BCUT2D eigenvalue weighted by atomic mass is 10.0. The Morgan fingerprint density at radius 1 is 1.13 bits per heavy atom. The highest BCUT2D eigenvalue weighted by Crippen LogP contribution is 2.23. The fourth-order valence-corrected chi connectivity index (χ4v) is 5.01. The molecular weight excluding hydrogens is 319 g/mol. The average molecular weight is 340 g/mol. The molecule has 0 aliphatic carbocycles. The van der Waals surface area contributed by atoms with E-state index in [2.05, 4.69) is 5.32 Å². The Labute approximate surface area is 135 Å². The van der Waals surface area contributed by atoms with Crippen molar-refractivity contribution in [3.63, 3.8) is 0 Å². The first-order valence-corrected chi connectivity index (χ1v) is 9.76. The van der Waals surface area contributed by atoms with Gasteiger partial charge in [-0.2, -0.15) is 0 Å². The standard InChI is InChI=1S/C16H21FN2O3S/c17-13-1-3-14(4-2-13)18-15-5-8-19(9-6-15)16(20)12-7-10-23(21,22)11-12/h1-4,12,15,18H,5-11H2/t12-/m0/s1. The minimum atomic E-state index is -3.02. The Bertz CT molecular complexity index is 667. The zero-order valence-corrected chi connectivity index (χ0v) is 13.7. The number of piperidine rings is 1. The van der Waals surface area contributed by atoms with Gasteiger partial charge < -0.3 is 10.2 Å². The van der Waals surface area contributed by atoms with Crippen molar-refractivity contribution in [1.82, 2.24) is 4.90 Å². The van der Waals surface area contributed by atoms with Crippen LogP contribution in [0.2, 0.25) is 0 Å². The predicted molar refractivity (Wildman–Crippen MR) is 86.4 cm³/mol. The number of likely N-dealkylation sites (tertiary alicyclic amines) is 1. The molecule has 5 nitrogen and oxygen atoms in total. The summed E-state index contributed by atoms with van der Waals surface area (Å²) in [6.45, 7) is 1.27. The first-order chi connectivity index (χ1) is 10.9. The third kappa shape index (κ3) is 4.02. The van der Waals surface area contributed by atoms with Crippen molar-refractivity contribution in [2.75, 3.05) is 29.9 Å². The van der Waals surface area contributed by atoms with Crippen molar-refractivity contribution < 1.29 is 17.6 Å². The Morgan fingerprint density at radius 2 is 1.78 bits per heavy atom. The third-order valence-electron chi connectivity index (χ3n) is 4.60. The van der Waals surface area contributed by atoms with Gasteiger partial charge in [0, 0.05) is 24.8 Å². The highest BCUT2D eigenvalue weighted by atomic mass is 32.2. The van der Waals surface area contributed by atoms with Gasteiger partial charge in [-0.3, -0.25) is 4.79 Å². The quantitative estimate of drug-likeness (QED) is 0.909. The van der Waals surface area contributed by atoms with Gasteiger partial charge in [0.15, 0.2) is 9.84 Å². The van der Waals surface area contributed by atoms with Crippen molar-refractivity contribution in [3.8, 4) is 0 Å². The number of carbonyl (C=O) groups is 1. The highest BCUT2D eigenvalue weighted by Gasteiger charge is 2.36. The van der Waals surface area contributed by atoms with E-state index < -0.39 is 9.84 Å². The van der Waals surface area contributed by atoms with Gasteiger partial charge in [-0.15, -0.1) is 0 Å². The van der Waals surface area contributed by atoms with Crippen LogP contribution in [-0.2, 0) is 14.6 Å². The summed E-state index contributed by atoms with van der Waals surface area (Å²) in [6.07, 6.45) is 2.07. The van der Waals surface area contributed by atoms with Crippen LogP contribution in [0, 0.1) is 11.7 Å². The molecule has 2 saturated heterocycles. The summed E-state index contributed by atoms with van der Waals surface area (Å²) in [5.41, 5.74) is 0.873. The van der Waals surface area contributed by atoms with Gasteiger partial charge in [0.1, 0.15) is 5.82 Å². The molecule has 2 fully saturated rings. The van der Waals surface area contributed by atoms with Crippen molar-refractivity contribution in [2.45, 2.75) is 25.3 Å². The number of anilines is 1. The van der Waals surface area contributed by atoms with Crippen LogP contribution in [0.5, 0.6) is 0 Å². The minimum absolute atomic E-state index is 0.000405. The number of benzene rings is 1. The first kappa shape index (κ1) is 16.2. The molecule has 0 bridgehead atoms. The molecule has 0 saturated carbocycles. The molecular formula is C16H21FN2O3S. The van der Waals surface area contributed by atoms with E-state index in [1.54, 1.807) is 17.0 Å². The Hall–Kier alpha value is -1.63. The molecule has 126 valence electrons. The largest absolute Gasteiger partial charge is 0.382 e. The maximum absolute atomic E-state index is 12.9. The van der Waals surface area contributed by atoms with Gasteiger partial charge in [-0.25, -0.2) is 12.8 Å². The molecule has 0 unspecified atom stereocenters. The van der Waals surface area contributed by atoms with Gasteiger partial charge in [-0.1, -0.05) is 0 Å². The van der Waals surface area contributed by atoms with Gasteiger partial charge in [-0.05, 0) is 43.5 Å². The van der Waals surface area contributed by atoms with Crippen molar-refractivity contribution in [3.05, 3.63) is 30.1 Å². The van der Waals surface area contributed by atoms with Crippen LogP contribution in [0.25, 0.3) is 0 Å². The van der Waals surface area contributed by atoms with Crippen molar-refractivity contribution in [1.29, 1.82) is 0 Å². The van der Waals surface area contributed by atoms with Crippen LogP contribution in [0.4, 0.5) is 10.1 Å². The maximum Gasteiger partial charge on any atom is 0.226 e. The molecule has 23 heavy (non-hydrogen) atoms. The molecule has 1 aromatic rings. The summed E-state index contributed by atoms with van der Waals surface area (Å²) in [7, 11) is -3.02. The second-order valence-corrected chi connectivity index (χ2v) is 8.58. The topological polar surface area (TPSA) is 66.5 Å². The molecule has 2 aliphatic rings. The van der Waals surface area contributed by atoms with Crippen LogP contribution in [0.15, 0.2) is 24.3 Å². The number of carbonyl (C=O) groups excluding carboxylic acids is 1. The number of sulfone groups is 1. The number of hydrogen-bond acceptors (Lipinski definition) is 4. The number of nitrogens with zero attached hydrogens (tertiary/aromatic N) is 1. The number of halogens is 1. The van der Waals surface area contributed by atoms with Crippen molar-refractivity contribution >= 4 is 21.4 Å². The van der Waals surface area contributed by atoms with E-state index in [1.807, 2.05) is 0 Å². The minimum Gasteiger partial charge on any atom is -0.382 e. The fraction of sp³-hybridized carbons (Fsp3) is 0.562. The van der Waals surface area contributed by atoms with Gasteiger partial charge in [0.2, 0.25) is 5.91 Å². The van der Waals surface area contributed by atoms with Gasteiger partial charge in [0.25, 0.3) is 0 Å². The van der Waals surface area contributed by atoms with E-state index in [4.69, 9.17) is 0 Å². The van der Waals surface area contributed by atoms with E-state index in [0.717, 1.165) is 18.5 Å². The smallest absolute Gasteiger partial charge is 0.226 e. The monoisotopic (exact) mass is 340 g/mol. The first-order valence-electron chi connectivity index (χ1n) is 7.94. The molecule has 1 N–H and O–H groups in total. The number of rotatable bonds is 3. The third-order valence-corrected chi connectivity index (χ3v) is 6.37. The van der Waals surface area contributed by atoms with E-state index in [0.29, 0.717) is 19.5 Å². The fourth-order valence-electron chi connectivity index (χ4n) is 3.27. The lowest BCUT2D eigenvalue weighted by Crippen LogP contribution is -2.45. The summed E-state index contributed by atoms with van der Waals surface area (Å²) >= 11 is 0. The summed E-state index contributed by atoms with van der Waals surface area (Å²) in [6, 6.07) is 6.49. The zero-order chi connectivity index (χ0) is 16.4. The Balaban J connectivity index is 1.50. The van der Waals surface area contributed by atoms with Gasteiger partial charge >= 0.3 is 0 Å². The molecule has 0 spiro atoms. The Kier molecular flexibility index (Phi) is 4.57. The lowest BCUT2D eigenvalue weighted by molar-refractivity contribution is -0.135. The zero-order valence-electron chi connectivity index (χ0n) is 12.9. The van der Waals surface area contributed by atoms with E-state index in [-0.39, 0.29) is 35.2 Å². The van der Waals surface area contributed by atoms with E-state index in [1.165, 1.54) is 12.1 Å². The molecule has 7 heteroatoms. The molecule has 0 aromatic heterocycles. The maximum atomic E-state index is 12.9. The number of nitrogens with one attached hydrogen (secondary N) is 1. The van der Waals surface area contributed by atoms with Gasteiger partial charge in [0.05, 0.1) is 17.4 Å². The van der Waals surface area contributed by atoms with Crippen LogP contribution in [0.3, 0.4) is 0 Å². The summed E-state index contributed by atoms with van der Waals surface area (Å²) in [5.74, 6) is -0.513. The van der Waals surface area contributed by atoms with Crippen LogP contribution in [-0.4, -0.2) is 49.9 Å². The highest BCUT2D eigenvalue weighted by molar-refractivity contribution is 7.91. The lowest BCUT2D eigenvalue weighted by Gasteiger charge is -2.34. The molecule has 3 rings (SSSR count). The predicted octanol–water partition coefficient (Wildman–Crippen LogP) is 1.66. The summed E-state index contributed by atoms with van der Waals surface area (Å²) < 4.78 is 35.9. The average Bonchev–Trinajstić information content (AvgIpc) is 2.90. The summed E-state index contributed by atoms with van der Waals surface area (Å²) in [4.78, 5) is 14.2. The van der Waals surface area contributed by atoms with Crippen LogP contribution < -0.4 is 5.32 Å². The second kappa shape index (κ2) is 6.47. The van der Waals surface area contributed by atoms with Crippen LogP contribution >= 0.6 is 0 Å². The van der Waals surface area contributed by atoms with E-state index in [9.17, 15) is 17.6 Å². The van der Waals surface area contributed by atoms with Crippen LogP contribution in [0.1, 0.15) is 19.3 Å². The van der Waals surface area contributed by atoms with E-state index >= 15 is 0 Å². The molecule has 0 radical (unpaired) electrons. The molecule has 1 aromatic carbocycles. The molecule has 1 amide bonds. The SMILES string of the molecule is O=C([C@H]1CCS(=O)(=O)C1)N1CCC(Nc2ccc(F)cc2)CC1. The molecule has 2 heterocycles. The number of amides is 1. The normalized spacial score (nSPS) is 24.6.